The van der Waals surface area contributed by atoms with E-state index in [1.165, 1.54) is 0 Å². The van der Waals surface area contributed by atoms with Crippen LogP contribution in [-0.2, 0) is 20.9 Å². The van der Waals surface area contributed by atoms with Crippen molar-refractivity contribution in [3.63, 3.8) is 0 Å². The van der Waals surface area contributed by atoms with E-state index in [9.17, 15) is 9.59 Å². The zero-order valence-corrected chi connectivity index (χ0v) is 14.4. The molecule has 0 fully saturated rings. The van der Waals surface area contributed by atoms with Gasteiger partial charge in [-0.2, -0.15) is 0 Å². The van der Waals surface area contributed by atoms with Gasteiger partial charge >= 0.3 is 0 Å². The zero-order valence-electron chi connectivity index (χ0n) is 14.4. The van der Waals surface area contributed by atoms with Gasteiger partial charge in [-0.25, -0.2) is 0 Å². The molecule has 0 radical (unpaired) electrons. The third-order valence-electron chi connectivity index (χ3n) is 3.27. The number of amides is 2. The summed E-state index contributed by atoms with van der Waals surface area (Å²) < 4.78 is 5.36. The Labute approximate surface area is 139 Å². The summed E-state index contributed by atoms with van der Waals surface area (Å²) in [6, 6.07) is 9.83. The second-order valence-electron chi connectivity index (χ2n) is 6.05. The van der Waals surface area contributed by atoms with E-state index in [2.05, 4.69) is 19.2 Å². The molecular formula is C18H28N2O3. The SMILES string of the molecule is CC(C)COCCC(=O)NCCC(=O)N(C)Cc1ccccc1. The number of carbonyl (C=O) groups is 2. The van der Waals surface area contributed by atoms with Crippen molar-refractivity contribution >= 4 is 11.8 Å². The molecule has 0 heterocycles. The molecule has 1 rings (SSSR count). The van der Waals surface area contributed by atoms with E-state index < -0.39 is 0 Å². The Morgan fingerprint density at radius 2 is 1.87 bits per heavy atom. The minimum atomic E-state index is -0.0766. The van der Waals surface area contributed by atoms with Gasteiger partial charge in [-0.05, 0) is 11.5 Å². The van der Waals surface area contributed by atoms with Gasteiger partial charge in [0.1, 0.15) is 0 Å². The van der Waals surface area contributed by atoms with Gasteiger partial charge in [-0.15, -0.1) is 0 Å². The van der Waals surface area contributed by atoms with Crippen LogP contribution < -0.4 is 5.32 Å². The highest BCUT2D eigenvalue weighted by molar-refractivity contribution is 5.78. The molecule has 128 valence electrons. The molecule has 0 spiro atoms. The summed E-state index contributed by atoms with van der Waals surface area (Å²) in [6.45, 7) is 6.16. The first-order valence-corrected chi connectivity index (χ1v) is 8.11. The van der Waals surface area contributed by atoms with Gasteiger partial charge < -0.3 is 15.0 Å². The van der Waals surface area contributed by atoms with Crippen LogP contribution in [0.15, 0.2) is 30.3 Å². The number of carbonyl (C=O) groups excluding carboxylic acids is 2. The van der Waals surface area contributed by atoms with Crippen LogP contribution in [0.25, 0.3) is 0 Å². The molecule has 1 aromatic rings. The molecule has 1 N–H and O–H groups in total. The highest BCUT2D eigenvalue weighted by atomic mass is 16.5. The quantitative estimate of drug-likeness (QED) is 0.673. The fraction of sp³-hybridized carbons (Fsp3) is 0.556. The van der Waals surface area contributed by atoms with E-state index in [1.807, 2.05) is 30.3 Å². The number of ether oxygens (including phenoxy) is 1. The van der Waals surface area contributed by atoms with E-state index in [-0.39, 0.29) is 11.8 Å². The minimum Gasteiger partial charge on any atom is -0.381 e. The molecule has 5 nitrogen and oxygen atoms in total. The lowest BCUT2D eigenvalue weighted by molar-refractivity contribution is -0.130. The Hall–Kier alpha value is -1.88. The summed E-state index contributed by atoms with van der Waals surface area (Å²) >= 11 is 0. The monoisotopic (exact) mass is 320 g/mol. The second-order valence-corrected chi connectivity index (χ2v) is 6.05. The lowest BCUT2D eigenvalue weighted by Crippen LogP contribution is -2.32. The molecule has 0 atom stereocenters. The molecule has 2 amide bonds. The van der Waals surface area contributed by atoms with Crippen molar-refractivity contribution in [2.24, 2.45) is 5.92 Å². The van der Waals surface area contributed by atoms with Crippen LogP contribution in [0.5, 0.6) is 0 Å². The second kappa shape index (κ2) is 10.8. The Bertz CT molecular complexity index is 474. The van der Waals surface area contributed by atoms with Gasteiger partial charge in [0.15, 0.2) is 0 Å². The summed E-state index contributed by atoms with van der Waals surface area (Å²) in [5, 5.41) is 2.75. The van der Waals surface area contributed by atoms with Gasteiger partial charge in [0.2, 0.25) is 11.8 Å². The van der Waals surface area contributed by atoms with E-state index in [1.54, 1.807) is 11.9 Å². The van der Waals surface area contributed by atoms with Crippen LogP contribution in [0.2, 0.25) is 0 Å². The summed E-state index contributed by atoms with van der Waals surface area (Å²) in [6.07, 6.45) is 0.642. The van der Waals surface area contributed by atoms with Gasteiger partial charge in [0.05, 0.1) is 6.61 Å². The lowest BCUT2D eigenvalue weighted by Gasteiger charge is -2.17. The smallest absolute Gasteiger partial charge is 0.224 e. The molecule has 0 saturated carbocycles. The highest BCUT2D eigenvalue weighted by Gasteiger charge is 2.10. The zero-order chi connectivity index (χ0) is 17.1. The first-order chi connectivity index (χ1) is 11.0. The maximum absolute atomic E-state index is 12.0. The molecule has 0 unspecified atom stereocenters. The maximum Gasteiger partial charge on any atom is 0.224 e. The summed E-state index contributed by atoms with van der Waals surface area (Å²) in [5.41, 5.74) is 1.09. The van der Waals surface area contributed by atoms with Gasteiger partial charge in [-0.3, -0.25) is 9.59 Å². The van der Waals surface area contributed by atoms with Crippen molar-refractivity contribution in [3.05, 3.63) is 35.9 Å². The Morgan fingerprint density at radius 1 is 1.17 bits per heavy atom. The van der Waals surface area contributed by atoms with Crippen LogP contribution in [0.3, 0.4) is 0 Å². The normalized spacial score (nSPS) is 10.6. The van der Waals surface area contributed by atoms with Crippen molar-refractivity contribution in [2.45, 2.75) is 33.2 Å². The molecular weight excluding hydrogens is 292 g/mol. The first kappa shape index (κ1) is 19.2. The summed E-state index contributed by atoms with van der Waals surface area (Å²) in [4.78, 5) is 25.3. The lowest BCUT2D eigenvalue weighted by atomic mass is 10.2. The average Bonchev–Trinajstić information content (AvgIpc) is 2.52. The van der Waals surface area contributed by atoms with E-state index >= 15 is 0 Å². The third-order valence-corrected chi connectivity index (χ3v) is 3.27. The first-order valence-electron chi connectivity index (χ1n) is 8.11. The minimum absolute atomic E-state index is 0.0187. The Balaban J connectivity index is 2.14. The van der Waals surface area contributed by atoms with E-state index in [0.29, 0.717) is 45.1 Å². The molecule has 1 aromatic carbocycles. The molecule has 0 aromatic heterocycles. The number of hydrogen-bond donors (Lipinski definition) is 1. The molecule has 0 aliphatic heterocycles. The van der Waals surface area contributed by atoms with Crippen LogP contribution in [0, 0.1) is 5.92 Å². The largest absolute Gasteiger partial charge is 0.381 e. The van der Waals surface area contributed by atoms with Gasteiger partial charge in [0.25, 0.3) is 0 Å². The van der Waals surface area contributed by atoms with Crippen molar-refractivity contribution < 1.29 is 14.3 Å². The van der Waals surface area contributed by atoms with Crippen molar-refractivity contribution in [1.29, 1.82) is 0 Å². The van der Waals surface area contributed by atoms with Crippen LogP contribution in [0.1, 0.15) is 32.3 Å². The number of nitrogens with zero attached hydrogens (tertiary/aromatic N) is 1. The van der Waals surface area contributed by atoms with Crippen LogP contribution in [-0.4, -0.2) is 43.5 Å². The van der Waals surface area contributed by atoms with Gasteiger partial charge in [0, 0.05) is 39.6 Å². The number of nitrogens with one attached hydrogen (secondary N) is 1. The number of rotatable bonds is 10. The predicted octanol–water partition coefficient (Wildman–Crippen LogP) is 2.21. The van der Waals surface area contributed by atoms with Gasteiger partial charge in [-0.1, -0.05) is 44.2 Å². The molecule has 0 aliphatic rings. The van der Waals surface area contributed by atoms with E-state index in [0.717, 1.165) is 5.56 Å². The average molecular weight is 320 g/mol. The Morgan fingerprint density at radius 3 is 2.52 bits per heavy atom. The van der Waals surface area contributed by atoms with Crippen molar-refractivity contribution in [1.82, 2.24) is 10.2 Å². The molecule has 23 heavy (non-hydrogen) atoms. The Kier molecular flexibility index (Phi) is 8.98. The fourth-order valence-electron chi connectivity index (χ4n) is 2.02. The fourth-order valence-corrected chi connectivity index (χ4v) is 2.02. The summed E-state index contributed by atoms with van der Waals surface area (Å²) in [5.74, 6) is 0.410. The van der Waals surface area contributed by atoms with Crippen molar-refractivity contribution in [3.8, 4) is 0 Å². The number of benzene rings is 1. The molecule has 0 saturated heterocycles. The van der Waals surface area contributed by atoms with E-state index in [4.69, 9.17) is 4.74 Å². The predicted molar refractivity (Wildman–Crippen MR) is 90.8 cm³/mol. The maximum atomic E-state index is 12.0. The number of hydrogen-bond acceptors (Lipinski definition) is 3. The molecule has 0 aliphatic carbocycles. The summed E-state index contributed by atoms with van der Waals surface area (Å²) in [7, 11) is 1.77. The molecule has 5 heteroatoms. The topological polar surface area (TPSA) is 58.6 Å². The third kappa shape index (κ3) is 8.98. The molecule has 0 bridgehead atoms. The van der Waals surface area contributed by atoms with Crippen LogP contribution >= 0.6 is 0 Å². The van der Waals surface area contributed by atoms with Crippen molar-refractivity contribution in [2.75, 3.05) is 26.8 Å². The van der Waals surface area contributed by atoms with Crippen LogP contribution in [0.4, 0.5) is 0 Å². The standard InChI is InChI=1S/C18H28N2O3/c1-15(2)14-23-12-10-17(21)19-11-9-18(22)20(3)13-16-7-5-4-6-8-16/h4-8,15H,9-14H2,1-3H3,(H,19,21). The highest BCUT2D eigenvalue weighted by Crippen LogP contribution is 2.03.